The molecule has 150 valence electrons. The molecule has 27 heavy (non-hydrogen) atoms. The summed E-state index contributed by atoms with van der Waals surface area (Å²) >= 11 is -1.88. The third kappa shape index (κ3) is 10.8. The third-order valence-corrected chi connectivity index (χ3v) is 8.45. The second-order valence-electron chi connectivity index (χ2n) is 4.89. The van der Waals surface area contributed by atoms with E-state index in [-0.39, 0.29) is 29.7 Å². The molecule has 0 aliphatic rings. The fourth-order valence-corrected chi connectivity index (χ4v) is 2.14. The molecule has 4 aromatic rings. The molecule has 0 saturated heterocycles. The SMILES string of the molecule is C[CH]=[Hf]([Cl])[Cl].[CH3-].[CH3-].[CH3-].[CH3-].c1ccc2[cH-]ccc2c1.c1ccc2[cH-]ccc2c1. The maximum atomic E-state index is 5.39. The van der Waals surface area contributed by atoms with Gasteiger partial charge in [-0.1, -0.05) is 12.1 Å². The normalized spacial score (nSPS) is 8.11. The maximum Gasteiger partial charge on any atom is -0.0809 e. The van der Waals surface area contributed by atoms with Crippen LogP contribution in [0, 0.1) is 29.7 Å². The first kappa shape index (κ1) is 30.7. The fourth-order valence-electron chi connectivity index (χ4n) is 2.14. The number of benzene rings is 2. The average molecular weight is 568 g/mol. The van der Waals surface area contributed by atoms with Crippen LogP contribution >= 0.6 is 17.2 Å². The number of fused-ring (bicyclic) bond motifs is 2. The van der Waals surface area contributed by atoms with Gasteiger partial charge < -0.3 is 29.7 Å². The van der Waals surface area contributed by atoms with E-state index in [9.17, 15) is 0 Å². The van der Waals surface area contributed by atoms with Crippen LogP contribution in [-0.2, 0) is 18.6 Å². The molecule has 0 bridgehead atoms. The van der Waals surface area contributed by atoms with Gasteiger partial charge in [0.25, 0.3) is 0 Å². The molecular weight excluding hydrogens is 538 g/mol. The maximum absolute atomic E-state index is 5.39. The molecule has 0 N–H and O–H groups in total. The number of hydrogen-bond acceptors (Lipinski definition) is 0. The molecular formula is C24H30Cl2Hf-6. The standard InChI is InChI=1S/2C9H7.C2H4.4CH3.2ClH.Hf/c2*1-2-5-9-7-3-6-8(9)4-1;1-2;;;;;;;/h2*1-7H;1H,2H3;4*1H3;2*1H;/q2*-1;;4*-1;;;+2/p-2. The zero-order valence-corrected chi connectivity index (χ0v) is 22.0. The molecule has 4 aromatic carbocycles. The molecule has 0 atom stereocenters. The summed E-state index contributed by atoms with van der Waals surface area (Å²) in [6.45, 7) is 1.90. The average Bonchev–Trinajstić information content (AvgIpc) is 3.24. The van der Waals surface area contributed by atoms with Crippen molar-refractivity contribution in [1.82, 2.24) is 0 Å². The Kier molecular flexibility index (Phi) is 19.4. The minimum absolute atomic E-state index is 0. The van der Waals surface area contributed by atoms with Crippen molar-refractivity contribution in [2.75, 3.05) is 0 Å². The van der Waals surface area contributed by atoms with E-state index in [4.69, 9.17) is 17.2 Å². The smallest absolute Gasteiger partial charge is 0.0809 e. The molecule has 0 heterocycles. The Hall–Kier alpha value is -1.02. The van der Waals surface area contributed by atoms with Gasteiger partial charge in [0.1, 0.15) is 0 Å². The number of halogens is 2. The predicted octanol–water partition coefficient (Wildman–Crippen LogP) is 8.65. The molecule has 0 fully saturated rings. The van der Waals surface area contributed by atoms with Crippen molar-refractivity contribution in [2.45, 2.75) is 6.92 Å². The van der Waals surface area contributed by atoms with Gasteiger partial charge in [0.05, 0.1) is 0 Å². The van der Waals surface area contributed by atoms with Gasteiger partial charge in [-0.3, -0.25) is 0 Å². The van der Waals surface area contributed by atoms with Gasteiger partial charge in [-0.15, -0.1) is 59.3 Å². The molecule has 4 rings (SSSR count). The van der Waals surface area contributed by atoms with Gasteiger partial charge >= 0.3 is 46.4 Å². The first-order valence-corrected chi connectivity index (χ1v) is 18.4. The van der Waals surface area contributed by atoms with Crippen molar-refractivity contribution in [3.63, 3.8) is 0 Å². The van der Waals surface area contributed by atoms with E-state index < -0.39 is 18.6 Å². The van der Waals surface area contributed by atoms with Crippen LogP contribution in [0.3, 0.4) is 0 Å². The van der Waals surface area contributed by atoms with Crippen LogP contribution in [0.1, 0.15) is 6.92 Å². The summed E-state index contributed by atoms with van der Waals surface area (Å²) < 4.78 is 1.91. The molecule has 0 aliphatic carbocycles. The van der Waals surface area contributed by atoms with Crippen molar-refractivity contribution in [3.05, 3.63) is 115 Å². The van der Waals surface area contributed by atoms with E-state index in [1.807, 2.05) is 10.7 Å². The number of rotatable bonds is 0. The van der Waals surface area contributed by atoms with Crippen LogP contribution in [0.2, 0.25) is 0 Å². The van der Waals surface area contributed by atoms with E-state index in [2.05, 4.69) is 84.9 Å². The van der Waals surface area contributed by atoms with Crippen LogP contribution in [0.15, 0.2) is 84.9 Å². The quantitative estimate of drug-likeness (QED) is 0.147. The zero-order valence-electron chi connectivity index (χ0n) is 16.9. The van der Waals surface area contributed by atoms with Crippen LogP contribution < -0.4 is 0 Å². The minimum Gasteiger partial charge on any atom is -0.358 e. The van der Waals surface area contributed by atoms with Crippen molar-refractivity contribution in [2.24, 2.45) is 0 Å². The van der Waals surface area contributed by atoms with Gasteiger partial charge in [-0.25, -0.2) is 0 Å². The fraction of sp³-hybridized carbons (Fsp3) is 0.0417. The number of hydrogen-bond donors (Lipinski definition) is 0. The van der Waals surface area contributed by atoms with E-state index in [1.165, 1.54) is 21.5 Å². The van der Waals surface area contributed by atoms with E-state index in [0.29, 0.717) is 0 Å². The minimum atomic E-state index is -1.88. The summed E-state index contributed by atoms with van der Waals surface area (Å²) in [5.41, 5.74) is 0. The summed E-state index contributed by atoms with van der Waals surface area (Å²) in [4.78, 5) is 0. The molecule has 0 radical (unpaired) electrons. The first-order valence-electron chi connectivity index (χ1n) is 7.39. The summed E-state index contributed by atoms with van der Waals surface area (Å²) in [6.07, 6.45) is 0. The molecule has 0 amide bonds. The second kappa shape index (κ2) is 17.1. The van der Waals surface area contributed by atoms with Gasteiger partial charge in [0.2, 0.25) is 0 Å². The Bertz CT molecular complexity index is 742. The molecule has 0 nitrogen and oxygen atoms in total. The predicted molar refractivity (Wildman–Crippen MR) is 128 cm³/mol. The first-order chi connectivity index (χ1) is 11.2. The second-order valence-corrected chi connectivity index (χ2v) is 17.3. The van der Waals surface area contributed by atoms with Gasteiger partial charge in [-0.2, -0.15) is 35.0 Å². The summed E-state index contributed by atoms with van der Waals surface area (Å²) in [5.74, 6) is 0. The van der Waals surface area contributed by atoms with E-state index in [1.54, 1.807) is 0 Å². The van der Waals surface area contributed by atoms with Gasteiger partial charge in [0, 0.05) is 0 Å². The third-order valence-electron chi connectivity index (χ3n) is 3.31. The Morgan fingerprint density at radius 2 is 1.00 bits per heavy atom. The zero-order chi connectivity index (χ0) is 16.5. The van der Waals surface area contributed by atoms with Crippen molar-refractivity contribution in [3.8, 4) is 0 Å². The topological polar surface area (TPSA) is 0 Å². The van der Waals surface area contributed by atoms with Crippen LogP contribution in [0.4, 0.5) is 0 Å². The molecule has 0 spiro atoms. The molecule has 3 heteroatoms. The summed E-state index contributed by atoms with van der Waals surface area (Å²) in [7, 11) is 10.8. The van der Waals surface area contributed by atoms with Crippen molar-refractivity contribution < 1.29 is 18.6 Å². The van der Waals surface area contributed by atoms with Crippen LogP contribution in [-0.4, -0.2) is 3.76 Å². The Morgan fingerprint density at radius 3 is 1.30 bits per heavy atom. The Morgan fingerprint density at radius 1 is 0.667 bits per heavy atom. The van der Waals surface area contributed by atoms with Crippen LogP contribution in [0.25, 0.3) is 21.5 Å². The monoisotopic (exact) mass is 568 g/mol. The van der Waals surface area contributed by atoms with E-state index in [0.717, 1.165) is 0 Å². The summed E-state index contributed by atoms with van der Waals surface area (Å²) in [6, 6.07) is 29.3. The van der Waals surface area contributed by atoms with Gasteiger partial charge in [-0.05, 0) is 0 Å². The van der Waals surface area contributed by atoms with Crippen molar-refractivity contribution in [1.29, 1.82) is 0 Å². The largest absolute Gasteiger partial charge is 0.358 e. The van der Waals surface area contributed by atoms with Gasteiger partial charge in [0.15, 0.2) is 0 Å². The summed E-state index contributed by atoms with van der Waals surface area (Å²) in [5, 5.41) is 5.32. The molecule has 0 aliphatic heterocycles. The molecule has 0 unspecified atom stereocenters. The van der Waals surface area contributed by atoms with E-state index >= 15 is 0 Å². The Balaban J connectivity index is -0.000000310. The Labute approximate surface area is 181 Å². The molecule has 0 saturated carbocycles. The van der Waals surface area contributed by atoms with Crippen molar-refractivity contribution >= 4 is 42.5 Å². The molecule has 0 aromatic heterocycles. The van der Waals surface area contributed by atoms with Crippen LogP contribution in [0.5, 0.6) is 0 Å².